The fourth-order valence-corrected chi connectivity index (χ4v) is 3.65. The molecule has 1 aromatic heterocycles. The molecule has 23 heavy (non-hydrogen) atoms. The van der Waals surface area contributed by atoms with Crippen LogP contribution in [0.1, 0.15) is 24.4 Å². The van der Waals surface area contributed by atoms with Crippen LogP contribution >= 0.6 is 0 Å². The number of nitrogens with one attached hydrogen (secondary N) is 1. The Morgan fingerprint density at radius 1 is 1.30 bits per heavy atom. The van der Waals surface area contributed by atoms with Crippen molar-refractivity contribution in [1.82, 2.24) is 9.88 Å². The van der Waals surface area contributed by atoms with Crippen molar-refractivity contribution in [3.05, 3.63) is 23.8 Å². The molecule has 0 unspecified atom stereocenters. The van der Waals surface area contributed by atoms with Crippen LogP contribution in [0.25, 0.3) is 10.9 Å². The van der Waals surface area contributed by atoms with Gasteiger partial charge in [-0.2, -0.15) is 0 Å². The van der Waals surface area contributed by atoms with Crippen LogP contribution in [0.2, 0.25) is 0 Å². The Hall–Kier alpha value is -2.05. The van der Waals surface area contributed by atoms with Gasteiger partial charge >= 0.3 is 0 Å². The fraction of sp³-hybridized carbons (Fsp3) is 0.471. The summed E-state index contributed by atoms with van der Waals surface area (Å²) in [6, 6.07) is 6.11. The standard InChI is InChI=1S/C17H22N4O2/c18-11-1-2-15-13(9-11)16(14-10-23-8-7-20-14)17(22)21(15)12-3-5-19-6-4-12/h1-2,9,12,19,22H,3-8,10,18H2. The molecule has 4 N–H and O–H groups in total. The molecule has 0 aliphatic carbocycles. The van der Waals surface area contributed by atoms with Crippen LogP contribution in [0.4, 0.5) is 5.69 Å². The molecular weight excluding hydrogens is 292 g/mol. The van der Waals surface area contributed by atoms with Crippen LogP contribution in [-0.2, 0) is 4.74 Å². The highest BCUT2D eigenvalue weighted by atomic mass is 16.5. The van der Waals surface area contributed by atoms with E-state index in [-0.39, 0.29) is 0 Å². The SMILES string of the molecule is Nc1ccc2c(c1)c(C1=NCCOC1)c(O)n2C1CCNCC1. The average Bonchev–Trinajstić information content (AvgIpc) is 2.87. The molecule has 1 fully saturated rings. The van der Waals surface area contributed by atoms with Gasteiger partial charge in [0.2, 0.25) is 5.88 Å². The van der Waals surface area contributed by atoms with Gasteiger partial charge in [0, 0.05) is 17.1 Å². The number of ether oxygens (including phenoxy) is 1. The summed E-state index contributed by atoms with van der Waals surface area (Å²) in [4.78, 5) is 4.56. The van der Waals surface area contributed by atoms with E-state index in [2.05, 4.69) is 14.9 Å². The van der Waals surface area contributed by atoms with Crippen LogP contribution in [0.5, 0.6) is 5.88 Å². The molecule has 0 atom stereocenters. The summed E-state index contributed by atoms with van der Waals surface area (Å²) < 4.78 is 7.59. The van der Waals surface area contributed by atoms with Crippen LogP contribution < -0.4 is 11.1 Å². The first-order valence-corrected chi connectivity index (χ1v) is 8.20. The number of aromatic hydroxyl groups is 1. The monoisotopic (exact) mass is 314 g/mol. The number of hydrogen-bond donors (Lipinski definition) is 3. The minimum Gasteiger partial charge on any atom is -0.494 e. The molecule has 2 aliphatic rings. The number of nitrogens with zero attached hydrogens (tertiary/aromatic N) is 2. The molecule has 2 aliphatic heterocycles. The lowest BCUT2D eigenvalue weighted by Gasteiger charge is -2.25. The van der Waals surface area contributed by atoms with Crippen molar-refractivity contribution in [2.75, 3.05) is 38.6 Å². The van der Waals surface area contributed by atoms with Crippen molar-refractivity contribution in [2.45, 2.75) is 18.9 Å². The van der Waals surface area contributed by atoms with Gasteiger partial charge in [0.25, 0.3) is 0 Å². The van der Waals surface area contributed by atoms with E-state index in [1.807, 2.05) is 18.2 Å². The summed E-state index contributed by atoms with van der Waals surface area (Å²) in [5.74, 6) is 0.293. The van der Waals surface area contributed by atoms with Gasteiger partial charge in [0.15, 0.2) is 0 Å². The third-order valence-corrected chi connectivity index (χ3v) is 4.74. The summed E-state index contributed by atoms with van der Waals surface area (Å²) in [6.07, 6.45) is 2.01. The topological polar surface area (TPSA) is 84.8 Å². The van der Waals surface area contributed by atoms with Gasteiger partial charge < -0.3 is 25.5 Å². The van der Waals surface area contributed by atoms with Crippen molar-refractivity contribution in [3.8, 4) is 5.88 Å². The number of rotatable bonds is 2. The van der Waals surface area contributed by atoms with Crippen molar-refractivity contribution in [1.29, 1.82) is 0 Å². The summed E-state index contributed by atoms with van der Waals surface area (Å²) >= 11 is 0. The third-order valence-electron chi connectivity index (χ3n) is 4.74. The van der Waals surface area contributed by atoms with Crippen LogP contribution in [0, 0.1) is 0 Å². The molecule has 0 spiro atoms. The lowest BCUT2D eigenvalue weighted by atomic mass is 10.1. The van der Waals surface area contributed by atoms with Gasteiger partial charge in [-0.25, -0.2) is 0 Å². The highest BCUT2D eigenvalue weighted by Crippen LogP contribution is 2.38. The second-order valence-corrected chi connectivity index (χ2v) is 6.21. The summed E-state index contributed by atoms with van der Waals surface area (Å²) in [5.41, 5.74) is 9.30. The highest BCUT2D eigenvalue weighted by Gasteiger charge is 2.27. The van der Waals surface area contributed by atoms with E-state index < -0.39 is 0 Å². The zero-order valence-electron chi connectivity index (χ0n) is 13.1. The largest absolute Gasteiger partial charge is 0.494 e. The first kappa shape index (κ1) is 14.5. The summed E-state index contributed by atoms with van der Waals surface area (Å²) in [7, 11) is 0. The number of nitrogen functional groups attached to an aromatic ring is 1. The van der Waals surface area contributed by atoms with E-state index >= 15 is 0 Å². The Morgan fingerprint density at radius 3 is 2.87 bits per heavy atom. The minimum atomic E-state index is 0.293. The predicted molar refractivity (Wildman–Crippen MR) is 91.4 cm³/mol. The second-order valence-electron chi connectivity index (χ2n) is 6.21. The predicted octanol–water partition coefficient (Wildman–Crippen LogP) is 1.67. The number of anilines is 1. The maximum atomic E-state index is 11.0. The third kappa shape index (κ3) is 2.48. The van der Waals surface area contributed by atoms with Crippen LogP contribution in [0.15, 0.2) is 23.2 Å². The zero-order chi connectivity index (χ0) is 15.8. The number of aromatic nitrogens is 1. The number of hydrogen-bond acceptors (Lipinski definition) is 5. The zero-order valence-corrected chi connectivity index (χ0v) is 13.1. The van der Waals surface area contributed by atoms with Gasteiger partial charge in [-0.05, 0) is 44.1 Å². The van der Waals surface area contributed by atoms with Crippen molar-refractivity contribution >= 4 is 22.3 Å². The molecule has 1 aromatic carbocycles. The molecule has 3 heterocycles. The normalized spacial score (nSPS) is 19.9. The molecule has 2 aromatic rings. The molecule has 0 radical (unpaired) electrons. The molecule has 0 bridgehead atoms. The molecule has 0 amide bonds. The van der Waals surface area contributed by atoms with E-state index in [4.69, 9.17) is 10.5 Å². The van der Waals surface area contributed by atoms with Crippen molar-refractivity contribution in [2.24, 2.45) is 4.99 Å². The van der Waals surface area contributed by atoms with Crippen LogP contribution in [-0.4, -0.2) is 48.2 Å². The van der Waals surface area contributed by atoms with Gasteiger partial charge in [-0.15, -0.1) is 0 Å². The Balaban J connectivity index is 1.92. The molecule has 4 rings (SSSR count). The number of aliphatic imine (C=N–C) groups is 1. The Morgan fingerprint density at radius 2 is 2.13 bits per heavy atom. The second kappa shape index (κ2) is 5.86. The number of fused-ring (bicyclic) bond motifs is 1. The van der Waals surface area contributed by atoms with E-state index in [1.165, 1.54) is 0 Å². The smallest absolute Gasteiger partial charge is 0.201 e. The molecular formula is C17H22N4O2. The first-order chi connectivity index (χ1) is 11.3. The number of nitrogens with two attached hydrogens (primary N) is 1. The molecule has 6 nitrogen and oxygen atoms in total. The van der Waals surface area contributed by atoms with E-state index in [0.717, 1.165) is 48.1 Å². The van der Waals surface area contributed by atoms with Gasteiger partial charge in [0.05, 0.1) is 36.6 Å². The Bertz CT molecular complexity index is 760. The average molecular weight is 314 g/mol. The first-order valence-electron chi connectivity index (χ1n) is 8.20. The number of benzene rings is 1. The summed E-state index contributed by atoms with van der Waals surface area (Å²) in [5, 5.41) is 15.3. The fourth-order valence-electron chi connectivity index (χ4n) is 3.65. The van der Waals surface area contributed by atoms with Crippen molar-refractivity contribution < 1.29 is 9.84 Å². The number of piperidine rings is 1. The molecule has 1 saturated heterocycles. The molecule has 6 heteroatoms. The summed E-state index contributed by atoms with van der Waals surface area (Å²) in [6.45, 7) is 3.65. The van der Waals surface area contributed by atoms with Gasteiger partial charge in [-0.3, -0.25) is 4.99 Å². The minimum absolute atomic E-state index is 0.293. The highest BCUT2D eigenvalue weighted by molar-refractivity contribution is 6.14. The molecule has 0 saturated carbocycles. The Kier molecular flexibility index (Phi) is 3.71. The maximum absolute atomic E-state index is 11.0. The van der Waals surface area contributed by atoms with E-state index in [1.54, 1.807) is 0 Å². The van der Waals surface area contributed by atoms with Gasteiger partial charge in [-0.1, -0.05) is 0 Å². The van der Waals surface area contributed by atoms with E-state index in [0.29, 0.717) is 37.4 Å². The lowest BCUT2D eigenvalue weighted by Crippen LogP contribution is -2.29. The van der Waals surface area contributed by atoms with Crippen molar-refractivity contribution in [3.63, 3.8) is 0 Å². The quantitative estimate of drug-likeness (QED) is 0.736. The Labute approximate surface area is 134 Å². The van der Waals surface area contributed by atoms with E-state index in [9.17, 15) is 5.11 Å². The lowest BCUT2D eigenvalue weighted by molar-refractivity contribution is 0.171. The maximum Gasteiger partial charge on any atom is 0.201 e. The molecule has 122 valence electrons. The van der Waals surface area contributed by atoms with Crippen LogP contribution in [0.3, 0.4) is 0 Å². The van der Waals surface area contributed by atoms with Gasteiger partial charge in [0.1, 0.15) is 0 Å².